The third-order valence-corrected chi connectivity index (χ3v) is 5.03. The van der Waals surface area contributed by atoms with E-state index in [-0.39, 0.29) is 12.1 Å². The zero-order valence-corrected chi connectivity index (χ0v) is 14.0. The van der Waals surface area contributed by atoms with E-state index in [2.05, 4.69) is 14.9 Å². The Kier molecular flexibility index (Phi) is 4.57. The van der Waals surface area contributed by atoms with E-state index in [4.69, 9.17) is 4.74 Å². The van der Waals surface area contributed by atoms with Gasteiger partial charge in [0.15, 0.2) is 0 Å². The molecule has 0 radical (unpaired) electrons. The Labute approximate surface area is 147 Å². The van der Waals surface area contributed by atoms with Crippen LogP contribution in [0, 0.1) is 5.92 Å². The number of esters is 1. The summed E-state index contributed by atoms with van der Waals surface area (Å²) in [4.78, 5) is 23.6. The summed E-state index contributed by atoms with van der Waals surface area (Å²) >= 11 is 0. The van der Waals surface area contributed by atoms with Gasteiger partial charge in [0.2, 0.25) is 0 Å². The Morgan fingerprint density at radius 3 is 2.60 bits per heavy atom. The fourth-order valence-electron chi connectivity index (χ4n) is 3.66. The lowest BCUT2D eigenvalue weighted by Gasteiger charge is -2.44. The number of carbonyl (C=O) groups is 1. The molecule has 2 bridgehead atoms. The Bertz CT molecular complexity index is 753. The van der Waals surface area contributed by atoms with Crippen LogP contribution in [-0.4, -0.2) is 46.6 Å². The number of rotatable bonds is 4. The van der Waals surface area contributed by atoms with Crippen molar-refractivity contribution in [3.63, 3.8) is 0 Å². The predicted molar refractivity (Wildman–Crippen MR) is 95.4 cm³/mol. The average molecular weight is 335 g/mol. The number of ether oxygens (including phenoxy) is 1. The second-order valence-electron chi connectivity index (χ2n) is 6.64. The maximum absolute atomic E-state index is 12.9. The highest BCUT2D eigenvalue weighted by molar-refractivity contribution is 6.21. The lowest BCUT2D eigenvalue weighted by Crippen LogP contribution is -2.52. The highest BCUT2D eigenvalue weighted by atomic mass is 16.5. The molecule has 5 rings (SSSR count). The summed E-state index contributed by atoms with van der Waals surface area (Å²) in [6.45, 7) is 3.10. The van der Waals surface area contributed by atoms with E-state index < -0.39 is 0 Å². The summed E-state index contributed by atoms with van der Waals surface area (Å²) in [6.07, 6.45) is 8.86. The quantitative estimate of drug-likeness (QED) is 0.635. The molecule has 1 aromatic heterocycles. The van der Waals surface area contributed by atoms with Gasteiger partial charge in [0.25, 0.3) is 0 Å². The van der Waals surface area contributed by atoms with E-state index in [0.717, 1.165) is 38.0 Å². The molecule has 4 heterocycles. The molecule has 3 aliphatic heterocycles. The van der Waals surface area contributed by atoms with Gasteiger partial charge >= 0.3 is 5.97 Å². The van der Waals surface area contributed by atoms with Crippen LogP contribution in [0.15, 0.2) is 48.9 Å². The van der Waals surface area contributed by atoms with Gasteiger partial charge in [-0.15, -0.1) is 0 Å². The van der Waals surface area contributed by atoms with Gasteiger partial charge < -0.3 is 4.74 Å². The standard InChI is InChI=1S/C20H21N3O2/c24-20(25-19-14-23-10-6-16(19)7-11-23)18(15-4-2-1-3-5-15)12-17-13-21-8-9-22-17/h1-5,8-9,12-13,16,19H,6-7,10-11,14H2/t19-/m0/s1. The molecular weight excluding hydrogens is 314 g/mol. The first kappa shape index (κ1) is 16.0. The van der Waals surface area contributed by atoms with Gasteiger partial charge in [-0.3, -0.25) is 14.9 Å². The number of hydrogen-bond donors (Lipinski definition) is 0. The van der Waals surface area contributed by atoms with Gasteiger partial charge in [-0.2, -0.15) is 0 Å². The molecular formula is C20H21N3O2. The number of aromatic nitrogens is 2. The Morgan fingerprint density at radius 1 is 1.16 bits per heavy atom. The Morgan fingerprint density at radius 2 is 1.96 bits per heavy atom. The third-order valence-electron chi connectivity index (χ3n) is 5.03. The molecule has 128 valence electrons. The zero-order valence-electron chi connectivity index (χ0n) is 14.0. The molecule has 0 spiro atoms. The minimum Gasteiger partial charge on any atom is -0.457 e. The van der Waals surface area contributed by atoms with Crippen molar-refractivity contribution in [2.24, 2.45) is 5.92 Å². The summed E-state index contributed by atoms with van der Waals surface area (Å²) in [6, 6.07) is 9.60. The van der Waals surface area contributed by atoms with Crippen molar-refractivity contribution >= 4 is 17.6 Å². The molecule has 3 fully saturated rings. The van der Waals surface area contributed by atoms with Crippen molar-refractivity contribution in [1.29, 1.82) is 0 Å². The molecule has 5 nitrogen and oxygen atoms in total. The molecule has 0 unspecified atom stereocenters. The van der Waals surface area contributed by atoms with Gasteiger partial charge in [0, 0.05) is 18.9 Å². The lowest BCUT2D eigenvalue weighted by molar-refractivity contribution is -0.151. The van der Waals surface area contributed by atoms with Gasteiger partial charge in [-0.25, -0.2) is 4.79 Å². The first-order valence-corrected chi connectivity index (χ1v) is 8.76. The fraction of sp³-hybridized carbons (Fsp3) is 0.350. The molecule has 5 heteroatoms. The number of fused-ring (bicyclic) bond motifs is 3. The van der Waals surface area contributed by atoms with Gasteiger partial charge in [-0.1, -0.05) is 30.3 Å². The third kappa shape index (κ3) is 3.61. The molecule has 0 N–H and O–H groups in total. The zero-order chi connectivity index (χ0) is 17.1. The predicted octanol–water partition coefficient (Wildman–Crippen LogP) is 2.65. The number of hydrogen-bond acceptors (Lipinski definition) is 5. The summed E-state index contributed by atoms with van der Waals surface area (Å²) in [5, 5.41) is 0. The maximum Gasteiger partial charge on any atom is 0.339 e. The van der Waals surface area contributed by atoms with E-state index in [1.165, 1.54) is 0 Å². The van der Waals surface area contributed by atoms with Crippen LogP contribution in [0.3, 0.4) is 0 Å². The Hall–Kier alpha value is -2.53. The van der Waals surface area contributed by atoms with Crippen LogP contribution in [0.1, 0.15) is 24.1 Å². The highest BCUT2D eigenvalue weighted by Gasteiger charge is 2.37. The van der Waals surface area contributed by atoms with Crippen LogP contribution in [0.4, 0.5) is 0 Å². The molecule has 0 saturated carbocycles. The number of nitrogens with zero attached hydrogens (tertiary/aromatic N) is 3. The van der Waals surface area contributed by atoms with E-state index >= 15 is 0 Å². The van der Waals surface area contributed by atoms with Gasteiger partial charge in [-0.05, 0) is 43.5 Å². The SMILES string of the molecule is O=C(O[C@H]1CN2CCC1CC2)C(=Cc1cnccn1)c1ccccc1. The van der Waals surface area contributed by atoms with Gasteiger partial charge in [0.1, 0.15) is 6.10 Å². The van der Waals surface area contributed by atoms with Crippen molar-refractivity contribution in [2.75, 3.05) is 19.6 Å². The second-order valence-corrected chi connectivity index (χ2v) is 6.64. The number of carbonyl (C=O) groups excluding carboxylic acids is 1. The minimum atomic E-state index is -0.282. The summed E-state index contributed by atoms with van der Waals surface area (Å²) < 4.78 is 5.92. The maximum atomic E-state index is 12.9. The van der Waals surface area contributed by atoms with Crippen LogP contribution in [0.5, 0.6) is 0 Å². The molecule has 0 aliphatic carbocycles. The van der Waals surface area contributed by atoms with E-state index in [0.29, 0.717) is 17.2 Å². The average Bonchev–Trinajstić information content (AvgIpc) is 2.68. The van der Waals surface area contributed by atoms with Crippen molar-refractivity contribution in [2.45, 2.75) is 18.9 Å². The largest absolute Gasteiger partial charge is 0.457 e. The summed E-state index contributed by atoms with van der Waals surface area (Å²) in [5.41, 5.74) is 2.00. The fourth-order valence-corrected chi connectivity index (χ4v) is 3.66. The van der Waals surface area contributed by atoms with Crippen LogP contribution in [0.25, 0.3) is 11.6 Å². The Balaban J connectivity index is 1.59. The monoisotopic (exact) mass is 335 g/mol. The molecule has 3 saturated heterocycles. The number of piperidine rings is 3. The topological polar surface area (TPSA) is 55.3 Å². The first-order chi connectivity index (χ1) is 12.3. The van der Waals surface area contributed by atoms with Crippen LogP contribution < -0.4 is 0 Å². The van der Waals surface area contributed by atoms with Crippen LogP contribution in [0.2, 0.25) is 0 Å². The van der Waals surface area contributed by atoms with Crippen molar-refractivity contribution in [1.82, 2.24) is 14.9 Å². The highest BCUT2D eigenvalue weighted by Crippen LogP contribution is 2.31. The molecule has 0 amide bonds. The normalized spacial score (nSPS) is 25.6. The van der Waals surface area contributed by atoms with Crippen LogP contribution >= 0.6 is 0 Å². The molecule has 25 heavy (non-hydrogen) atoms. The minimum absolute atomic E-state index is 0.0102. The van der Waals surface area contributed by atoms with Crippen molar-refractivity contribution in [3.05, 3.63) is 60.2 Å². The molecule has 1 atom stereocenters. The molecule has 2 aromatic rings. The summed E-state index contributed by atoms with van der Waals surface area (Å²) in [5.74, 6) is 0.207. The molecule has 3 aliphatic rings. The molecule has 1 aromatic carbocycles. The van der Waals surface area contributed by atoms with E-state index in [1.807, 2.05) is 30.3 Å². The van der Waals surface area contributed by atoms with Gasteiger partial charge in [0.05, 0.1) is 17.5 Å². The second kappa shape index (κ2) is 7.15. The smallest absolute Gasteiger partial charge is 0.339 e. The van der Waals surface area contributed by atoms with Crippen LogP contribution in [-0.2, 0) is 9.53 Å². The van der Waals surface area contributed by atoms with Crippen molar-refractivity contribution < 1.29 is 9.53 Å². The van der Waals surface area contributed by atoms with E-state index in [9.17, 15) is 4.79 Å². The summed E-state index contributed by atoms with van der Waals surface area (Å²) in [7, 11) is 0. The van der Waals surface area contributed by atoms with E-state index in [1.54, 1.807) is 24.7 Å². The van der Waals surface area contributed by atoms with Crippen molar-refractivity contribution in [3.8, 4) is 0 Å². The first-order valence-electron chi connectivity index (χ1n) is 8.76. The number of benzene rings is 1. The lowest BCUT2D eigenvalue weighted by atomic mass is 9.86.